The lowest BCUT2D eigenvalue weighted by molar-refractivity contribution is 0.205. The highest BCUT2D eigenvalue weighted by molar-refractivity contribution is 5.90. The molecule has 4 nitrogen and oxygen atoms in total. The number of nitrogens with zero attached hydrogens (tertiary/aromatic N) is 1. The normalized spacial score (nSPS) is 10.5. The zero-order valence-corrected chi connectivity index (χ0v) is 15.2. The van der Waals surface area contributed by atoms with Crippen molar-refractivity contribution in [1.82, 2.24) is 4.90 Å². The van der Waals surface area contributed by atoms with Gasteiger partial charge < -0.3 is 14.6 Å². The number of hydrogen-bond acceptors (Lipinski definition) is 2. The van der Waals surface area contributed by atoms with Gasteiger partial charge in [0.05, 0.1) is 12.8 Å². The summed E-state index contributed by atoms with van der Waals surface area (Å²) in [5, 5.41) is 3.05. The molecular formula is C22H24N2O2. The van der Waals surface area contributed by atoms with Gasteiger partial charge in [-0.05, 0) is 55.2 Å². The molecule has 1 aromatic heterocycles. The number of urea groups is 1. The Morgan fingerprint density at radius 1 is 1.00 bits per heavy atom. The van der Waals surface area contributed by atoms with Crippen molar-refractivity contribution in [1.29, 1.82) is 0 Å². The average Bonchev–Trinajstić information content (AvgIpc) is 3.16. The molecule has 1 heterocycles. The van der Waals surface area contributed by atoms with Crippen molar-refractivity contribution in [2.45, 2.75) is 26.8 Å². The molecule has 26 heavy (non-hydrogen) atoms. The van der Waals surface area contributed by atoms with Gasteiger partial charge in [0.1, 0.15) is 5.76 Å². The number of carbonyl (C=O) groups excluding carboxylic acids is 1. The second-order valence-electron chi connectivity index (χ2n) is 6.41. The van der Waals surface area contributed by atoms with Crippen LogP contribution in [0.15, 0.2) is 71.3 Å². The van der Waals surface area contributed by atoms with E-state index >= 15 is 0 Å². The number of rotatable bonds is 6. The lowest BCUT2D eigenvalue weighted by atomic mass is 10.1. The van der Waals surface area contributed by atoms with E-state index in [1.54, 1.807) is 11.2 Å². The van der Waals surface area contributed by atoms with Gasteiger partial charge in [0.2, 0.25) is 0 Å². The van der Waals surface area contributed by atoms with Gasteiger partial charge in [-0.2, -0.15) is 0 Å². The van der Waals surface area contributed by atoms with Crippen molar-refractivity contribution in [2.75, 3.05) is 11.9 Å². The van der Waals surface area contributed by atoms with Crippen LogP contribution in [0.1, 0.15) is 22.5 Å². The Kier molecular flexibility index (Phi) is 5.74. The lowest BCUT2D eigenvalue weighted by Crippen LogP contribution is -2.36. The second-order valence-corrected chi connectivity index (χ2v) is 6.41. The molecule has 3 rings (SSSR count). The fraction of sp³-hybridized carbons (Fsp3) is 0.227. The van der Waals surface area contributed by atoms with Crippen molar-refractivity contribution >= 4 is 11.7 Å². The molecule has 0 saturated carbocycles. The number of aryl methyl sites for hydroxylation is 1. The summed E-state index contributed by atoms with van der Waals surface area (Å²) in [5.41, 5.74) is 4.29. The van der Waals surface area contributed by atoms with Crippen LogP contribution >= 0.6 is 0 Å². The summed E-state index contributed by atoms with van der Waals surface area (Å²) >= 11 is 0. The van der Waals surface area contributed by atoms with E-state index < -0.39 is 0 Å². The van der Waals surface area contributed by atoms with E-state index in [1.807, 2.05) is 62.4 Å². The Hall–Kier alpha value is -3.01. The summed E-state index contributed by atoms with van der Waals surface area (Å²) in [6.45, 7) is 5.12. The molecule has 2 amide bonds. The molecule has 4 heteroatoms. The molecule has 1 N–H and O–H groups in total. The Morgan fingerprint density at radius 3 is 2.54 bits per heavy atom. The fourth-order valence-corrected chi connectivity index (χ4v) is 2.83. The monoisotopic (exact) mass is 348 g/mol. The Morgan fingerprint density at radius 2 is 1.81 bits per heavy atom. The van der Waals surface area contributed by atoms with Crippen LogP contribution in [0.25, 0.3) is 0 Å². The summed E-state index contributed by atoms with van der Waals surface area (Å²) < 4.78 is 5.44. The van der Waals surface area contributed by atoms with Crippen LogP contribution in [-0.2, 0) is 13.0 Å². The SMILES string of the molecule is Cc1cccc(NC(=O)N(CCc2ccccc2)Cc2ccco2)c1C. The summed E-state index contributed by atoms with van der Waals surface area (Å²) in [7, 11) is 0. The number of carbonyl (C=O) groups is 1. The first-order valence-corrected chi connectivity index (χ1v) is 8.82. The minimum Gasteiger partial charge on any atom is -0.467 e. The molecule has 0 saturated heterocycles. The van der Waals surface area contributed by atoms with Gasteiger partial charge in [-0.15, -0.1) is 0 Å². The van der Waals surface area contributed by atoms with Crippen LogP contribution in [0.4, 0.5) is 10.5 Å². The zero-order chi connectivity index (χ0) is 18.4. The van der Waals surface area contributed by atoms with Crippen LogP contribution in [0, 0.1) is 13.8 Å². The van der Waals surface area contributed by atoms with Crippen molar-refractivity contribution < 1.29 is 9.21 Å². The van der Waals surface area contributed by atoms with Crippen molar-refractivity contribution in [3.05, 3.63) is 89.4 Å². The predicted octanol–water partition coefficient (Wildman–Crippen LogP) is 5.17. The van der Waals surface area contributed by atoms with Crippen molar-refractivity contribution in [2.24, 2.45) is 0 Å². The van der Waals surface area contributed by atoms with E-state index in [0.717, 1.165) is 29.0 Å². The summed E-state index contributed by atoms with van der Waals surface area (Å²) in [6.07, 6.45) is 2.43. The first kappa shape index (κ1) is 17.8. The smallest absolute Gasteiger partial charge is 0.322 e. The molecule has 0 unspecified atom stereocenters. The number of nitrogens with one attached hydrogen (secondary N) is 1. The van der Waals surface area contributed by atoms with E-state index in [1.165, 1.54) is 5.56 Å². The maximum Gasteiger partial charge on any atom is 0.322 e. The van der Waals surface area contributed by atoms with Gasteiger partial charge in [-0.3, -0.25) is 0 Å². The van der Waals surface area contributed by atoms with Crippen LogP contribution in [0.5, 0.6) is 0 Å². The maximum absolute atomic E-state index is 12.9. The van der Waals surface area contributed by atoms with Gasteiger partial charge in [-0.1, -0.05) is 42.5 Å². The van der Waals surface area contributed by atoms with E-state index in [2.05, 4.69) is 17.4 Å². The standard InChI is InChI=1S/C22H24N2O2/c1-17-8-6-12-21(18(17)2)23-22(25)24(16-20-11-7-15-26-20)14-13-19-9-4-3-5-10-19/h3-12,15H,13-14,16H2,1-2H3,(H,23,25). The molecule has 0 aliphatic rings. The molecule has 2 aromatic carbocycles. The van der Waals surface area contributed by atoms with Gasteiger partial charge in [0.25, 0.3) is 0 Å². The molecule has 0 aliphatic heterocycles. The molecule has 0 spiro atoms. The number of amides is 2. The molecular weight excluding hydrogens is 324 g/mol. The van der Waals surface area contributed by atoms with E-state index in [0.29, 0.717) is 13.1 Å². The van der Waals surface area contributed by atoms with Gasteiger partial charge in [0, 0.05) is 12.2 Å². The lowest BCUT2D eigenvalue weighted by Gasteiger charge is -2.23. The molecule has 0 atom stereocenters. The molecule has 134 valence electrons. The predicted molar refractivity (Wildman–Crippen MR) is 104 cm³/mol. The number of anilines is 1. The highest BCUT2D eigenvalue weighted by Crippen LogP contribution is 2.19. The maximum atomic E-state index is 12.9. The fourth-order valence-electron chi connectivity index (χ4n) is 2.83. The average molecular weight is 348 g/mol. The molecule has 0 aliphatic carbocycles. The minimum atomic E-state index is -0.119. The topological polar surface area (TPSA) is 45.5 Å². The third-order valence-electron chi connectivity index (χ3n) is 4.57. The first-order chi connectivity index (χ1) is 12.6. The van der Waals surface area contributed by atoms with Crippen molar-refractivity contribution in [3.63, 3.8) is 0 Å². The number of furan rings is 1. The highest BCUT2D eigenvalue weighted by Gasteiger charge is 2.16. The molecule has 0 fully saturated rings. The molecule has 0 radical (unpaired) electrons. The molecule has 0 bridgehead atoms. The van der Waals surface area contributed by atoms with E-state index in [-0.39, 0.29) is 6.03 Å². The third-order valence-corrected chi connectivity index (χ3v) is 4.57. The summed E-state index contributed by atoms with van der Waals surface area (Å²) in [4.78, 5) is 14.7. The van der Waals surface area contributed by atoms with Crippen LogP contribution in [0.3, 0.4) is 0 Å². The summed E-state index contributed by atoms with van der Waals surface area (Å²) in [5.74, 6) is 0.772. The van der Waals surface area contributed by atoms with Gasteiger partial charge in [-0.25, -0.2) is 4.79 Å². The quantitative estimate of drug-likeness (QED) is 0.668. The van der Waals surface area contributed by atoms with Crippen LogP contribution in [0.2, 0.25) is 0 Å². The van der Waals surface area contributed by atoms with E-state index in [4.69, 9.17) is 4.42 Å². The Balaban J connectivity index is 1.73. The van der Waals surface area contributed by atoms with Gasteiger partial charge >= 0.3 is 6.03 Å². The van der Waals surface area contributed by atoms with Gasteiger partial charge in [0.15, 0.2) is 0 Å². The minimum absolute atomic E-state index is 0.119. The highest BCUT2D eigenvalue weighted by atomic mass is 16.3. The second kappa shape index (κ2) is 8.39. The number of hydrogen-bond donors (Lipinski definition) is 1. The first-order valence-electron chi connectivity index (χ1n) is 8.82. The summed E-state index contributed by atoms with van der Waals surface area (Å²) in [6, 6.07) is 19.7. The van der Waals surface area contributed by atoms with Crippen LogP contribution in [-0.4, -0.2) is 17.5 Å². The Labute approximate surface area is 154 Å². The number of benzene rings is 2. The third kappa shape index (κ3) is 4.54. The largest absolute Gasteiger partial charge is 0.467 e. The molecule has 3 aromatic rings. The Bertz CT molecular complexity index is 842. The van der Waals surface area contributed by atoms with Crippen molar-refractivity contribution in [3.8, 4) is 0 Å². The van der Waals surface area contributed by atoms with E-state index in [9.17, 15) is 4.79 Å². The zero-order valence-electron chi connectivity index (χ0n) is 15.2. The van der Waals surface area contributed by atoms with Crippen LogP contribution < -0.4 is 5.32 Å².